The number of aromatic nitrogens is 2. The molecule has 0 aliphatic carbocycles. The monoisotopic (exact) mass is 339 g/mol. The number of anilines is 3. The zero-order valence-corrected chi connectivity index (χ0v) is 12.2. The van der Waals surface area contributed by atoms with Crippen LogP contribution in [0.3, 0.4) is 0 Å². The van der Waals surface area contributed by atoms with Gasteiger partial charge >= 0.3 is 10.4 Å². The predicted octanol–water partition coefficient (Wildman–Crippen LogP) is -2.35. The van der Waals surface area contributed by atoms with Gasteiger partial charge in [0, 0.05) is 6.54 Å². The Morgan fingerprint density at radius 3 is 2.41 bits per heavy atom. The largest absolute Gasteiger partial charge is 0.394 e. The van der Waals surface area contributed by atoms with Crippen LogP contribution in [0.2, 0.25) is 0 Å². The van der Waals surface area contributed by atoms with Crippen molar-refractivity contribution >= 4 is 27.9 Å². The first-order valence-corrected chi connectivity index (χ1v) is 7.35. The van der Waals surface area contributed by atoms with Crippen molar-refractivity contribution in [2.45, 2.75) is 25.2 Å². The van der Waals surface area contributed by atoms with Gasteiger partial charge in [-0.05, 0) is 6.92 Å². The Morgan fingerprint density at radius 1 is 1.36 bits per heavy atom. The van der Waals surface area contributed by atoms with Crippen LogP contribution in [0.5, 0.6) is 0 Å². The maximum Gasteiger partial charge on any atom is 0.394 e. The van der Waals surface area contributed by atoms with Crippen LogP contribution in [-0.2, 0) is 10.4 Å². The molecule has 0 saturated heterocycles. The third kappa shape index (κ3) is 5.45. The highest BCUT2D eigenvalue weighted by atomic mass is 32.3. The molecule has 1 aliphatic rings. The van der Waals surface area contributed by atoms with Crippen LogP contribution in [0.4, 0.5) is 17.5 Å². The lowest BCUT2D eigenvalue weighted by atomic mass is 10.0. The first-order valence-electron chi connectivity index (χ1n) is 5.95. The maximum atomic E-state index is 11.6. The van der Waals surface area contributed by atoms with Crippen molar-refractivity contribution in [1.29, 1.82) is 0 Å². The van der Waals surface area contributed by atoms with Crippen molar-refractivity contribution in [2.75, 3.05) is 22.9 Å². The number of nitrogens with two attached hydrogens (primary N) is 1. The Bertz CT molecular complexity index is 665. The maximum absolute atomic E-state index is 11.6. The number of hydrogen-bond acceptors (Lipinski definition) is 9. The Kier molecular flexibility index (Phi) is 5.67. The lowest BCUT2D eigenvalue weighted by Crippen LogP contribution is -2.48. The number of H-pyrrole nitrogens is 1. The first kappa shape index (κ1) is 18.1. The molecule has 13 heteroatoms. The van der Waals surface area contributed by atoms with Gasteiger partial charge in [-0.2, -0.15) is 13.4 Å². The smallest absolute Gasteiger partial charge is 0.391 e. The van der Waals surface area contributed by atoms with Crippen LogP contribution in [0, 0.1) is 0 Å². The Balaban J connectivity index is 0.000000422. The second-order valence-corrected chi connectivity index (χ2v) is 5.38. The van der Waals surface area contributed by atoms with Gasteiger partial charge in [-0.1, -0.05) is 0 Å². The molecule has 0 saturated carbocycles. The lowest BCUT2D eigenvalue weighted by molar-refractivity contribution is 0.0214. The third-order valence-corrected chi connectivity index (χ3v) is 2.66. The molecular weight excluding hydrogens is 322 g/mol. The van der Waals surface area contributed by atoms with Gasteiger partial charge in [0.1, 0.15) is 11.8 Å². The van der Waals surface area contributed by atoms with Gasteiger partial charge in [0.05, 0.1) is 12.1 Å². The van der Waals surface area contributed by atoms with Gasteiger partial charge in [0.2, 0.25) is 5.95 Å². The van der Waals surface area contributed by atoms with Gasteiger partial charge in [0.25, 0.3) is 5.56 Å². The van der Waals surface area contributed by atoms with Gasteiger partial charge in [-0.15, -0.1) is 0 Å². The summed E-state index contributed by atoms with van der Waals surface area (Å²) in [5.74, 6) is 0.373. The molecule has 2 rings (SSSR count). The Labute approximate surface area is 125 Å². The molecule has 0 aromatic carbocycles. The number of aliphatic hydroxyl groups is 2. The lowest BCUT2D eigenvalue weighted by Gasteiger charge is -2.31. The van der Waals surface area contributed by atoms with Gasteiger partial charge in [-0.25, -0.2) is 0 Å². The molecule has 1 aromatic rings. The van der Waals surface area contributed by atoms with Crippen LogP contribution in [-0.4, -0.2) is 62.5 Å². The molecule has 0 amide bonds. The minimum Gasteiger partial charge on any atom is -0.391 e. The van der Waals surface area contributed by atoms with E-state index in [0.717, 1.165) is 0 Å². The molecule has 2 heterocycles. The molecule has 126 valence electrons. The second-order valence-electron chi connectivity index (χ2n) is 4.49. The van der Waals surface area contributed by atoms with E-state index >= 15 is 0 Å². The van der Waals surface area contributed by atoms with E-state index in [1.165, 1.54) is 6.92 Å². The molecule has 0 bridgehead atoms. The highest BCUT2D eigenvalue weighted by molar-refractivity contribution is 7.79. The summed E-state index contributed by atoms with van der Waals surface area (Å²) in [5, 5.41) is 24.7. The van der Waals surface area contributed by atoms with E-state index in [2.05, 4.69) is 20.6 Å². The summed E-state index contributed by atoms with van der Waals surface area (Å²) in [5.41, 5.74) is 5.20. The summed E-state index contributed by atoms with van der Waals surface area (Å²) in [6, 6.07) is -0.464. The SMILES string of the molecule is CC(O)C(O)C1CNc2nc(N)[nH]c(=O)c2N1.O=S(=O)(O)O. The van der Waals surface area contributed by atoms with E-state index in [9.17, 15) is 15.0 Å². The number of aliphatic hydroxyl groups excluding tert-OH is 2. The van der Waals surface area contributed by atoms with Crippen LogP contribution < -0.4 is 21.9 Å². The quantitative estimate of drug-likeness (QED) is 0.267. The van der Waals surface area contributed by atoms with Gasteiger partial charge in [-0.3, -0.25) is 18.9 Å². The molecule has 1 aromatic heterocycles. The number of hydrogen-bond donors (Lipinski definition) is 8. The molecule has 0 spiro atoms. The van der Waals surface area contributed by atoms with Crippen molar-refractivity contribution in [3.8, 4) is 0 Å². The zero-order chi connectivity index (χ0) is 17.1. The molecular formula is C9H17N5O7S. The summed E-state index contributed by atoms with van der Waals surface area (Å²) < 4.78 is 31.6. The fourth-order valence-corrected chi connectivity index (χ4v) is 1.74. The molecule has 22 heavy (non-hydrogen) atoms. The highest BCUT2D eigenvalue weighted by Gasteiger charge is 2.29. The average molecular weight is 339 g/mol. The zero-order valence-electron chi connectivity index (χ0n) is 11.4. The van der Waals surface area contributed by atoms with E-state index in [0.29, 0.717) is 12.4 Å². The summed E-state index contributed by atoms with van der Waals surface area (Å²) in [6.45, 7) is 1.82. The number of fused-ring (bicyclic) bond motifs is 1. The van der Waals surface area contributed by atoms with Crippen LogP contribution in [0.15, 0.2) is 4.79 Å². The number of rotatable bonds is 2. The molecule has 3 atom stereocenters. The molecule has 3 unspecified atom stereocenters. The molecule has 0 fully saturated rings. The Morgan fingerprint density at radius 2 is 1.91 bits per heavy atom. The fraction of sp³-hybridized carbons (Fsp3) is 0.556. The van der Waals surface area contributed by atoms with Gasteiger partial charge in [0.15, 0.2) is 5.82 Å². The summed E-state index contributed by atoms with van der Waals surface area (Å²) in [6.07, 6.45) is -1.87. The first-order chi connectivity index (χ1) is 9.99. The highest BCUT2D eigenvalue weighted by Crippen LogP contribution is 2.21. The molecule has 0 radical (unpaired) electrons. The number of nitrogens with one attached hydrogen (secondary N) is 3. The minimum atomic E-state index is -4.67. The second kappa shape index (κ2) is 6.89. The third-order valence-electron chi connectivity index (χ3n) is 2.66. The molecule has 1 aliphatic heterocycles. The summed E-state index contributed by atoms with van der Waals surface area (Å²) >= 11 is 0. The van der Waals surface area contributed by atoms with Crippen LogP contribution in [0.25, 0.3) is 0 Å². The van der Waals surface area contributed by atoms with Crippen LogP contribution in [0.1, 0.15) is 6.92 Å². The minimum absolute atomic E-state index is 0.0255. The van der Waals surface area contributed by atoms with Crippen molar-refractivity contribution in [3.63, 3.8) is 0 Å². The van der Waals surface area contributed by atoms with Crippen molar-refractivity contribution in [3.05, 3.63) is 10.4 Å². The van der Waals surface area contributed by atoms with Crippen molar-refractivity contribution < 1.29 is 27.7 Å². The Hall–Kier alpha value is -1.93. The topological polar surface area (TPSA) is 211 Å². The van der Waals surface area contributed by atoms with Crippen LogP contribution >= 0.6 is 0 Å². The molecule has 9 N–H and O–H groups in total. The van der Waals surface area contributed by atoms with Crippen molar-refractivity contribution in [2.24, 2.45) is 0 Å². The normalized spacial score (nSPS) is 19.6. The van der Waals surface area contributed by atoms with E-state index < -0.39 is 34.2 Å². The van der Waals surface area contributed by atoms with Gasteiger partial charge < -0.3 is 26.6 Å². The summed E-state index contributed by atoms with van der Waals surface area (Å²) in [7, 11) is -4.67. The summed E-state index contributed by atoms with van der Waals surface area (Å²) in [4.78, 5) is 17.9. The number of nitrogen functional groups attached to an aromatic ring is 1. The standard InChI is InChI=1S/C9H15N5O3.H2O4S/c1-3(15)6(16)4-2-11-7-5(12-4)8(17)14-9(10)13-7;1-5(2,3)4/h3-4,6,12,15-16H,2H2,1H3,(H4,10,11,13,14,17);(H2,1,2,3,4). The van der Waals surface area contributed by atoms with E-state index in [1.54, 1.807) is 0 Å². The van der Waals surface area contributed by atoms with E-state index in [4.69, 9.17) is 23.3 Å². The van der Waals surface area contributed by atoms with Crippen molar-refractivity contribution in [1.82, 2.24) is 9.97 Å². The number of aromatic amines is 1. The van der Waals surface area contributed by atoms with E-state index in [1.807, 2.05) is 0 Å². The number of nitrogens with zero attached hydrogens (tertiary/aromatic N) is 1. The molecule has 12 nitrogen and oxygen atoms in total. The average Bonchev–Trinajstić information content (AvgIpc) is 2.35. The fourth-order valence-electron chi connectivity index (χ4n) is 1.74. The van der Waals surface area contributed by atoms with E-state index in [-0.39, 0.29) is 11.6 Å². The predicted molar refractivity (Wildman–Crippen MR) is 77.0 cm³/mol.